The van der Waals surface area contributed by atoms with E-state index in [2.05, 4.69) is 39.4 Å². The summed E-state index contributed by atoms with van der Waals surface area (Å²) in [5, 5.41) is 3.36. The number of rotatable bonds is 6. The summed E-state index contributed by atoms with van der Waals surface area (Å²) in [6.45, 7) is 2.65. The van der Waals surface area contributed by atoms with Gasteiger partial charge in [-0.3, -0.25) is 0 Å². The fourth-order valence-electron chi connectivity index (χ4n) is 2.37. The van der Waals surface area contributed by atoms with Crippen LogP contribution >= 0.6 is 15.9 Å². The van der Waals surface area contributed by atoms with Crippen molar-refractivity contribution in [1.29, 1.82) is 0 Å². The molecule has 0 aliphatic heterocycles. The fourth-order valence-corrected chi connectivity index (χ4v) is 2.93. The first-order valence-corrected chi connectivity index (χ1v) is 7.73. The van der Waals surface area contributed by atoms with Gasteiger partial charge in [-0.05, 0) is 53.7 Å². The highest BCUT2D eigenvalue weighted by Gasteiger charge is 2.17. The van der Waals surface area contributed by atoms with Crippen LogP contribution in [0.1, 0.15) is 24.1 Å². The summed E-state index contributed by atoms with van der Waals surface area (Å²) in [6.07, 6.45) is 0. The highest BCUT2D eigenvalue weighted by molar-refractivity contribution is 9.10. The van der Waals surface area contributed by atoms with Crippen LogP contribution in [0.4, 0.5) is 0 Å². The van der Waals surface area contributed by atoms with Gasteiger partial charge in [0, 0.05) is 5.56 Å². The third-order valence-electron chi connectivity index (χ3n) is 3.33. The number of hydrogen-bond donors (Lipinski definition) is 1. The fraction of sp³-hybridized carbons (Fsp3) is 0.294. The summed E-state index contributed by atoms with van der Waals surface area (Å²) < 4.78 is 12.0. The normalized spacial score (nSPS) is 12.0. The zero-order valence-corrected chi connectivity index (χ0v) is 14.1. The van der Waals surface area contributed by atoms with E-state index in [0.717, 1.165) is 27.1 Å². The number of nitrogens with one attached hydrogen (secondary N) is 1. The third kappa shape index (κ3) is 3.57. The second kappa shape index (κ2) is 7.48. The van der Waals surface area contributed by atoms with Gasteiger partial charge in [0.25, 0.3) is 0 Å². The molecule has 112 valence electrons. The van der Waals surface area contributed by atoms with Gasteiger partial charge in [0.05, 0.1) is 24.2 Å². The monoisotopic (exact) mass is 349 g/mol. The van der Waals surface area contributed by atoms with E-state index in [1.807, 2.05) is 38.2 Å². The summed E-state index contributed by atoms with van der Waals surface area (Å²) in [5.74, 6) is 1.73. The minimum atomic E-state index is 0.0648. The number of methoxy groups -OCH3 is 1. The molecule has 0 fully saturated rings. The molecular formula is C17H20BrNO2. The van der Waals surface area contributed by atoms with Crippen molar-refractivity contribution in [2.45, 2.75) is 13.0 Å². The molecule has 2 aromatic carbocycles. The van der Waals surface area contributed by atoms with E-state index in [0.29, 0.717) is 6.61 Å². The number of para-hydroxylation sites is 1. The largest absolute Gasteiger partial charge is 0.496 e. The van der Waals surface area contributed by atoms with Gasteiger partial charge >= 0.3 is 0 Å². The van der Waals surface area contributed by atoms with E-state index in [9.17, 15) is 0 Å². The summed E-state index contributed by atoms with van der Waals surface area (Å²) in [6, 6.07) is 14.3. The molecule has 3 nitrogen and oxygen atoms in total. The number of benzene rings is 2. The molecule has 0 aliphatic carbocycles. The van der Waals surface area contributed by atoms with Gasteiger partial charge in [0.1, 0.15) is 11.5 Å². The van der Waals surface area contributed by atoms with Crippen molar-refractivity contribution < 1.29 is 9.47 Å². The quantitative estimate of drug-likeness (QED) is 0.848. The Hall–Kier alpha value is -1.52. The Labute approximate surface area is 134 Å². The Balaban J connectivity index is 2.42. The van der Waals surface area contributed by atoms with E-state index in [1.54, 1.807) is 7.11 Å². The van der Waals surface area contributed by atoms with Crippen LogP contribution in [-0.2, 0) is 0 Å². The van der Waals surface area contributed by atoms with Crippen LogP contribution < -0.4 is 14.8 Å². The van der Waals surface area contributed by atoms with Crippen LogP contribution in [-0.4, -0.2) is 20.8 Å². The van der Waals surface area contributed by atoms with E-state index in [1.165, 1.54) is 0 Å². The van der Waals surface area contributed by atoms with Gasteiger partial charge in [0.15, 0.2) is 0 Å². The average molecular weight is 350 g/mol. The molecule has 0 aliphatic rings. The van der Waals surface area contributed by atoms with Gasteiger partial charge in [0.2, 0.25) is 0 Å². The van der Waals surface area contributed by atoms with Crippen molar-refractivity contribution in [1.82, 2.24) is 5.32 Å². The highest BCUT2D eigenvalue weighted by Crippen LogP contribution is 2.33. The van der Waals surface area contributed by atoms with Crippen molar-refractivity contribution in [2.75, 3.05) is 20.8 Å². The van der Waals surface area contributed by atoms with Crippen LogP contribution in [0.2, 0.25) is 0 Å². The smallest absolute Gasteiger partial charge is 0.133 e. The van der Waals surface area contributed by atoms with Crippen LogP contribution in [0, 0.1) is 0 Å². The predicted molar refractivity (Wildman–Crippen MR) is 89.2 cm³/mol. The Morgan fingerprint density at radius 1 is 1.14 bits per heavy atom. The molecule has 21 heavy (non-hydrogen) atoms. The summed E-state index contributed by atoms with van der Waals surface area (Å²) in [4.78, 5) is 0. The first kappa shape index (κ1) is 15.9. The SMILES string of the molecule is CCOc1ccccc1C(NC)c1ccc(OC)c(Br)c1. The van der Waals surface area contributed by atoms with E-state index in [4.69, 9.17) is 9.47 Å². The lowest BCUT2D eigenvalue weighted by Crippen LogP contribution is -2.18. The van der Waals surface area contributed by atoms with Crippen molar-refractivity contribution in [3.05, 3.63) is 58.1 Å². The molecule has 0 radical (unpaired) electrons. The molecule has 0 aromatic heterocycles. The molecular weight excluding hydrogens is 330 g/mol. The maximum atomic E-state index is 5.74. The Morgan fingerprint density at radius 2 is 1.90 bits per heavy atom. The van der Waals surface area contributed by atoms with Crippen molar-refractivity contribution >= 4 is 15.9 Å². The molecule has 4 heteroatoms. The zero-order valence-electron chi connectivity index (χ0n) is 12.5. The van der Waals surface area contributed by atoms with Gasteiger partial charge in [-0.1, -0.05) is 24.3 Å². The van der Waals surface area contributed by atoms with Crippen molar-refractivity contribution in [3.63, 3.8) is 0 Å². The topological polar surface area (TPSA) is 30.5 Å². The van der Waals surface area contributed by atoms with Gasteiger partial charge in [-0.25, -0.2) is 0 Å². The van der Waals surface area contributed by atoms with E-state index in [-0.39, 0.29) is 6.04 Å². The Morgan fingerprint density at radius 3 is 2.52 bits per heavy atom. The maximum Gasteiger partial charge on any atom is 0.133 e. The minimum Gasteiger partial charge on any atom is -0.496 e. The summed E-state index contributed by atoms with van der Waals surface area (Å²) in [5.41, 5.74) is 2.27. The predicted octanol–water partition coefficient (Wildman–Crippen LogP) is 4.17. The zero-order chi connectivity index (χ0) is 15.2. The molecule has 0 bridgehead atoms. The highest BCUT2D eigenvalue weighted by atomic mass is 79.9. The molecule has 0 saturated heterocycles. The lowest BCUT2D eigenvalue weighted by molar-refractivity contribution is 0.334. The molecule has 0 saturated carbocycles. The first-order valence-electron chi connectivity index (χ1n) is 6.93. The van der Waals surface area contributed by atoms with Crippen LogP contribution in [0.5, 0.6) is 11.5 Å². The molecule has 2 aromatic rings. The van der Waals surface area contributed by atoms with Gasteiger partial charge < -0.3 is 14.8 Å². The minimum absolute atomic E-state index is 0.0648. The molecule has 0 spiro atoms. The number of hydrogen-bond acceptors (Lipinski definition) is 3. The molecule has 1 atom stereocenters. The average Bonchev–Trinajstić information content (AvgIpc) is 2.50. The van der Waals surface area contributed by atoms with Crippen molar-refractivity contribution in [2.24, 2.45) is 0 Å². The number of ether oxygens (including phenoxy) is 2. The van der Waals surface area contributed by atoms with E-state index < -0.39 is 0 Å². The standard InChI is InChI=1S/C17H20BrNO2/c1-4-21-15-8-6-5-7-13(15)17(19-2)12-9-10-16(20-3)14(18)11-12/h5-11,17,19H,4H2,1-3H3. The second-order valence-corrected chi connectivity index (χ2v) is 5.44. The van der Waals surface area contributed by atoms with Crippen LogP contribution in [0.15, 0.2) is 46.9 Å². The van der Waals surface area contributed by atoms with Gasteiger partial charge in [-0.2, -0.15) is 0 Å². The molecule has 1 N–H and O–H groups in total. The van der Waals surface area contributed by atoms with Crippen LogP contribution in [0.3, 0.4) is 0 Å². The Kier molecular flexibility index (Phi) is 5.65. The maximum absolute atomic E-state index is 5.74. The molecule has 2 rings (SSSR count). The number of halogens is 1. The Bertz CT molecular complexity index is 601. The second-order valence-electron chi connectivity index (χ2n) is 4.59. The van der Waals surface area contributed by atoms with E-state index >= 15 is 0 Å². The lowest BCUT2D eigenvalue weighted by Gasteiger charge is -2.21. The van der Waals surface area contributed by atoms with Crippen LogP contribution in [0.25, 0.3) is 0 Å². The first-order chi connectivity index (χ1) is 10.2. The molecule has 1 unspecified atom stereocenters. The lowest BCUT2D eigenvalue weighted by atomic mass is 9.98. The summed E-state index contributed by atoms with van der Waals surface area (Å²) >= 11 is 3.54. The van der Waals surface area contributed by atoms with Crippen molar-refractivity contribution in [3.8, 4) is 11.5 Å². The molecule has 0 amide bonds. The summed E-state index contributed by atoms with van der Waals surface area (Å²) in [7, 11) is 3.62. The molecule has 0 heterocycles. The van der Waals surface area contributed by atoms with Gasteiger partial charge in [-0.15, -0.1) is 0 Å². The third-order valence-corrected chi connectivity index (χ3v) is 3.95.